The molecule has 2 aromatic heterocycles. The molecule has 1 N–H and O–H groups in total. The van der Waals surface area contributed by atoms with Gasteiger partial charge in [0.05, 0.1) is 5.52 Å². The quantitative estimate of drug-likeness (QED) is 0.727. The van der Waals surface area contributed by atoms with Crippen LogP contribution in [-0.4, -0.2) is 16.1 Å². The summed E-state index contributed by atoms with van der Waals surface area (Å²) in [5, 5.41) is 0.676. The largest absolute Gasteiger partial charge is 0.631 e. The van der Waals surface area contributed by atoms with Gasteiger partial charge in [-0.15, -0.1) is 0 Å². The number of nitrogens with one attached hydrogen (secondary N) is 1. The van der Waals surface area contributed by atoms with Crippen molar-refractivity contribution in [3.05, 3.63) is 36.1 Å². The van der Waals surface area contributed by atoms with E-state index in [1.54, 1.807) is 6.07 Å². The molecule has 14 heavy (non-hydrogen) atoms. The van der Waals surface area contributed by atoms with Gasteiger partial charge >= 0.3 is 0 Å². The number of rotatable bonds is 2. The minimum atomic E-state index is -2.38. The molecule has 0 radical (unpaired) electrons. The van der Waals surface area contributed by atoms with Crippen molar-refractivity contribution in [2.45, 2.75) is 12.8 Å². The summed E-state index contributed by atoms with van der Waals surface area (Å²) in [6, 6.07) is 1.65. The predicted octanol–water partition coefficient (Wildman–Crippen LogP) is 2.66. The monoisotopic (exact) mass is 196 g/mol. The maximum atomic E-state index is 12.2. The summed E-state index contributed by atoms with van der Waals surface area (Å²) in [5.74, 6) is 7.46. The van der Waals surface area contributed by atoms with Crippen molar-refractivity contribution in [2.75, 3.05) is 0 Å². The molecule has 0 atom stereocenters. The molecule has 0 aliphatic heterocycles. The molecule has 2 aromatic rings. The van der Waals surface area contributed by atoms with Gasteiger partial charge in [-0.3, -0.25) is 4.98 Å². The minimum absolute atomic E-state index is 0.313. The van der Waals surface area contributed by atoms with Crippen molar-refractivity contribution in [1.29, 1.82) is 0 Å². The third kappa shape index (κ3) is 1.41. The van der Waals surface area contributed by atoms with Gasteiger partial charge in [0.25, 0.3) is 0 Å². The van der Waals surface area contributed by atoms with Gasteiger partial charge in [-0.1, -0.05) is 0 Å². The number of hydrogen-bond donors (Lipinski definition) is 0. The molecule has 0 spiro atoms. The molecule has 0 amide bonds. The Morgan fingerprint density at radius 3 is 3.00 bits per heavy atom. The molecule has 3 nitrogen and oxygen atoms in total. The zero-order valence-corrected chi connectivity index (χ0v) is 7.24. The second-order valence-corrected chi connectivity index (χ2v) is 3.01. The van der Waals surface area contributed by atoms with Crippen LogP contribution >= 0.6 is 0 Å². The Labute approximate surface area is 79.1 Å². The SMILES string of the molecule is [NH-]n1cc(CC(F)F)c2ccncc21. The van der Waals surface area contributed by atoms with Crippen LogP contribution in [0, 0.1) is 0 Å². The Hall–Kier alpha value is -1.65. The molecule has 2 rings (SSSR count). The van der Waals surface area contributed by atoms with E-state index in [1.165, 1.54) is 18.6 Å². The maximum absolute atomic E-state index is 12.2. The Bertz CT molecular complexity index is 450. The molecular formula is C9H8F2N3-. The lowest BCUT2D eigenvalue weighted by Crippen LogP contribution is -1.95. The van der Waals surface area contributed by atoms with Gasteiger partial charge in [0.1, 0.15) is 0 Å². The second-order valence-electron chi connectivity index (χ2n) is 3.01. The summed E-state index contributed by atoms with van der Waals surface area (Å²) in [5.41, 5.74) is 1.05. The van der Waals surface area contributed by atoms with Crippen LogP contribution in [0.3, 0.4) is 0 Å². The highest BCUT2D eigenvalue weighted by Gasteiger charge is 2.09. The van der Waals surface area contributed by atoms with E-state index in [-0.39, 0.29) is 6.42 Å². The molecular weight excluding hydrogens is 188 g/mol. The van der Waals surface area contributed by atoms with E-state index in [0.717, 1.165) is 4.68 Å². The minimum Gasteiger partial charge on any atom is -0.631 e. The number of fused-ring (bicyclic) bond motifs is 1. The molecule has 0 saturated heterocycles. The first kappa shape index (κ1) is 8.93. The molecule has 5 heteroatoms. The van der Waals surface area contributed by atoms with E-state index in [9.17, 15) is 8.78 Å². The Kier molecular flexibility index (Phi) is 2.07. The van der Waals surface area contributed by atoms with Crippen LogP contribution in [0.5, 0.6) is 0 Å². The van der Waals surface area contributed by atoms with Gasteiger partial charge in [-0.2, -0.15) is 0 Å². The first-order chi connectivity index (χ1) is 6.68. The zero-order chi connectivity index (χ0) is 10.1. The first-order valence-electron chi connectivity index (χ1n) is 4.12. The standard InChI is InChI=1S/C9H8F2N3/c10-9(11)3-6-5-14(12)8-4-13-2-1-7(6)8/h1-2,4-5,9,12H,3H2/q-1. The third-order valence-corrected chi connectivity index (χ3v) is 2.06. The number of pyridine rings is 1. The van der Waals surface area contributed by atoms with Crippen LogP contribution in [-0.2, 0) is 6.42 Å². The average molecular weight is 196 g/mol. The third-order valence-electron chi connectivity index (χ3n) is 2.06. The lowest BCUT2D eigenvalue weighted by atomic mass is 10.1. The molecule has 0 unspecified atom stereocenters. The lowest BCUT2D eigenvalue weighted by molar-refractivity contribution is 0.149. The van der Waals surface area contributed by atoms with Gasteiger partial charge in [-0.25, -0.2) is 8.78 Å². The van der Waals surface area contributed by atoms with E-state index >= 15 is 0 Å². The van der Waals surface area contributed by atoms with E-state index in [1.807, 2.05) is 0 Å². The summed E-state index contributed by atoms with van der Waals surface area (Å²) in [7, 11) is 0. The molecule has 0 aromatic carbocycles. The van der Waals surface area contributed by atoms with Crippen LogP contribution in [0.1, 0.15) is 5.56 Å². The smallest absolute Gasteiger partial charge is 0.242 e. The van der Waals surface area contributed by atoms with Gasteiger partial charge < -0.3 is 10.5 Å². The second kappa shape index (κ2) is 3.25. The van der Waals surface area contributed by atoms with E-state index in [4.69, 9.17) is 5.84 Å². The van der Waals surface area contributed by atoms with Crippen molar-refractivity contribution in [3.8, 4) is 0 Å². The van der Waals surface area contributed by atoms with Gasteiger partial charge in [-0.05, 0) is 17.8 Å². The highest BCUT2D eigenvalue weighted by molar-refractivity contribution is 5.83. The van der Waals surface area contributed by atoms with E-state index in [0.29, 0.717) is 16.5 Å². The maximum Gasteiger partial charge on any atom is 0.242 e. The van der Waals surface area contributed by atoms with Crippen LogP contribution in [0.4, 0.5) is 8.78 Å². The molecule has 74 valence electrons. The van der Waals surface area contributed by atoms with Crippen molar-refractivity contribution in [2.24, 2.45) is 0 Å². The van der Waals surface area contributed by atoms with Crippen molar-refractivity contribution in [1.82, 2.24) is 9.66 Å². The Morgan fingerprint density at radius 1 is 1.50 bits per heavy atom. The highest BCUT2D eigenvalue weighted by Crippen LogP contribution is 2.22. The van der Waals surface area contributed by atoms with Crippen molar-refractivity contribution in [3.63, 3.8) is 0 Å². The number of aromatic nitrogens is 2. The predicted molar refractivity (Wildman–Crippen MR) is 49.2 cm³/mol. The first-order valence-corrected chi connectivity index (χ1v) is 4.12. The summed E-state index contributed by atoms with van der Waals surface area (Å²) in [6.07, 6.45) is 1.74. The Morgan fingerprint density at radius 2 is 2.29 bits per heavy atom. The number of halogens is 2. The average Bonchev–Trinajstić information content (AvgIpc) is 2.44. The molecule has 0 fully saturated rings. The molecule has 0 aliphatic carbocycles. The fraction of sp³-hybridized carbons (Fsp3) is 0.222. The van der Waals surface area contributed by atoms with Gasteiger partial charge in [0.15, 0.2) is 0 Å². The summed E-state index contributed by atoms with van der Waals surface area (Å²) < 4.78 is 25.4. The van der Waals surface area contributed by atoms with Crippen LogP contribution in [0.15, 0.2) is 24.7 Å². The van der Waals surface area contributed by atoms with Gasteiger partial charge in [0.2, 0.25) is 6.43 Å². The molecule has 0 saturated carbocycles. The van der Waals surface area contributed by atoms with Crippen LogP contribution in [0.25, 0.3) is 16.7 Å². The molecule has 0 bridgehead atoms. The fourth-order valence-corrected chi connectivity index (χ4v) is 1.47. The number of alkyl halides is 2. The van der Waals surface area contributed by atoms with E-state index in [2.05, 4.69) is 4.98 Å². The van der Waals surface area contributed by atoms with Crippen molar-refractivity contribution >= 4 is 10.9 Å². The number of hydrogen-bond acceptors (Lipinski definition) is 1. The van der Waals surface area contributed by atoms with Gasteiger partial charge in [0, 0.05) is 24.2 Å². The summed E-state index contributed by atoms with van der Waals surface area (Å²) in [6.45, 7) is 0. The molecule has 0 aliphatic rings. The van der Waals surface area contributed by atoms with Crippen LogP contribution in [0.2, 0.25) is 0 Å². The van der Waals surface area contributed by atoms with Crippen molar-refractivity contribution < 1.29 is 8.78 Å². The topological polar surface area (TPSA) is 41.6 Å². The van der Waals surface area contributed by atoms with Crippen LogP contribution < -0.4 is 0 Å². The summed E-state index contributed by atoms with van der Waals surface area (Å²) in [4.78, 5) is 3.84. The highest BCUT2D eigenvalue weighted by atomic mass is 19.3. The normalized spacial score (nSPS) is 11.4. The fourth-order valence-electron chi connectivity index (χ4n) is 1.47. The summed E-state index contributed by atoms with van der Waals surface area (Å²) >= 11 is 0. The number of nitrogens with zero attached hydrogens (tertiary/aromatic N) is 2. The zero-order valence-electron chi connectivity index (χ0n) is 7.24. The lowest BCUT2D eigenvalue weighted by Gasteiger charge is -2.03. The van der Waals surface area contributed by atoms with E-state index < -0.39 is 6.43 Å². The Balaban J connectivity index is 2.55. The molecule has 2 heterocycles.